The second-order valence-corrected chi connectivity index (χ2v) is 6.71. The average molecular weight is 378 g/mol. The minimum atomic E-state index is 0.510. The van der Waals surface area contributed by atoms with Crippen molar-refractivity contribution in [2.45, 2.75) is 6.54 Å². The van der Waals surface area contributed by atoms with E-state index in [2.05, 4.69) is 10.2 Å². The Morgan fingerprint density at radius 1 is 0.724 bits per heavy atom. The molecule has 0 unspecified atom stereocenters. The van der Waals surface area contributed by atoms with E-state index in [0.29, 0.717) is 12.2 Å². The summed E-state index contributed by atoms with van der Waals surface area (Å²) in [4.78, 5) is 14.5. The maximum atomic E-state index is 5.75. The van der Waals surface area contributed by atoms with Crippen LogP contribution in [0.1, 0.15) is 5.56 Å². The standard InChI is InChI=1S/C23H18N6/c24-12-15-6-8-17(9-7-15)21-22(16-4-2-1-3-5-16)29-23-20(27-21)11-10-19(28-23)18-13-25-26-14-18/h1-11,13-14H,12,24H2,(H,25,26). The highest BCUT2D eigenvalue weighted by molar-refractivity contribution is 5.85. The third kappa shape index (κ3) is 3.26. The molecule has 3 heterocycles. The van der Waals surface area contributed by atoms with E-state index in [1.165, 1.54) is 0 Å². The minimum Gasteiger partial charge on any atom is -0.326 e. The van der Waals surface area contributed by atoms with Crippen molar-refractivity contribution in [3.63, 3.8) is 0 Å². The fourth-order valence-corrected chi connectivity index (χ4v) is 3.29. The van der Waals surface area contributed by atoms with E-state index in [1.54, 1.807) is 6.20 Å². The average Bonchev–Trinajstić information content (AvgIpc) is 3.33. The van der Waals surface area contributed by atoms with Crippen molar-refractivity contribution < 1.29 is 0 Å². The molecular formula is C23H18N6. The summed E-state index contributed by atoms with van der Waals surface area (Å²) in [6.45, 7) is 0.510. The number of hydrogen-bond donors (Lipinski definition) is 2. The quantitative estimate of drug-likeness (QED) is 0.489. The van der Waals surface area contributed by atoms with Crippen LogP contribution in [0, 0.1) is 0 Å². The lowest BCUT2D eigenvalue weighted by atomic mass is 10.0. The van der Waals surface area contributed by atoms with Crippen molar-refractivity contribution in [1.29, 1.82) is 0 Å². The Bertz CT molecular complexity index is 1260. The van der Waals surface area contributed by atoms with Crippen molar-refractivity contribution in [2.24, 2.45) is 5.73 Å². The van der Waals surface area contributed by atoms with Crippen LogP contribution in [0.4, 0.5) is 0 Å². The van der Waals surface area contributed by atoms with Gasteiger partial charge in [0.05, 0.1) is 23.3 Å². The maximum absolute atomic E-state index is 5.75. The van der Waals surface area contributed by atoms with Gasteiger partial charge < -0.3 is 5.73 Å². The zero-order valence-corrected chi connectivity index (χ0v) is 15.6. The molecule has 0 spiro atoms. The molecule has 6 nitrogen and oxygen atoms in total. The van der Waals surface area contributed by atoms with Gasteiger partial charge >= 0.3 is 0 Å². The number of benzene rings is 2. The molecule has 0 amide bonds. The number of nitrogens with zero attached hydrogens (tertiary/aromatic N) is 4. The van der Waals surface area contributed by atoms with Crippen LogP contribution >= 0.6 is 0 Å². The Kier molecular flexibility index (Phi) is 4.31. The number of fused-ring (bicyclic) bond motifs is 1. The number of nitrogens with two attached hydrogens (primary N) is 1. The zero-order valence-electron chi connectivity index (χ0n) is 15.6. The van der Waals surface area contributed by atoms with Crippen LogP contribution < -0.4 is 5.73 Å². The highest BCUT2D eigenvalue weighted by atomic mass is 15.1. The van der Waals surface area contributed by atoms with E-state index in [1.807, 2.05) is 72.9 Å². The van der Waals surface area contributed by atoms with Gasteiger partial charge in [0, 0.05) is 29.4 Å². The number of aromatic amines is 1. The summed E-state index contributed by atoms with van der Waals surface area (Å²) >= 11 is 0. The molecule has 6 heteroatoms. The van der Waals surface area contributed by atoms with Gasteiger partial charge in [-0.15, -0.1) is 0 Å². The molecule has 0 aliphatic heterocycles. The Morgan fingerprint density at radius 3 is 2.21 bits per heavy atom. The van der Waals surface area contributed by atoms with E-state index in [-0.39, 0.29) is 0 Å². The first kappa shape index (κ1) is 17.2. The summed E-state index contributed by atoms with van der Waals surface area (Å²) in [5.41, 5.74) is 13.5. The fraction of sp³-hybridized carbons (Fsp3) is 0.0435. The summed E-state index contributed by atoms with van der Waals surface area (Å²) < 4.78 is 0. The number of H-pyrrole nitrogens is 1. The van der Waals surface area contributed by atoms with Gasteiger partial charge in [0.15, 0.2) is 5.65 Å². The molecular weight excluding hydrogens is 360 g/mol. The first-order chi connectivity index (χ1) is 14.3. The van der Waals surface area contributed by atoms with Crippen LogP contribution in [0.2, 0.25) is 0 Å². The molecule has 5 aromatic rings. The summed E-state index contributed by atoms with van der Waals surface area (Å²) in [5.74, 6) is 0. The van der Waals surface area contributed by atoms with Crippen LogP contribution in [0.15, 0.2) is 79.1 Å². The molecule has 0 atom stereocenters. The third-order valence-electron chi connectivity index (χ3n) is 4.83. The Labute approximate surface area is 167 Å². The molecule has 0 bridgehead atoms. The molecule has 0 fully saturated rings. The molecule has 140 valence electrons. The van der Waals surface area contributed by atoms with Gasteiger partial charge in [0.1, 0.15) is 5.52 Å². The highest BCUT2D eigenvalue weighted by Crippen LogP contribution is 2.31. The van der Waals surface area contributed by atoms with Gasteiger partial charge in [-0.3, -0.25) is 5.10 Å². The van der Waals surface area contributed by atoms with E-state index >= 15 is 0 Å². The second-order valence-electron chi connectivity index (χ2n) is 6.71. The smallest absolute Gasteiger partial charge is 0.179 e. The van der Waals surface area contributed by atoms with Crippen LogP contribution in [-0.4, -0.2) is 25.1 Å². The van der Waals surface area contributed by atoms with Gasteiger partial charge in [-0.1, -0.05) is 54.6 Å². The monoisotopic (exact) mass is 378 g/mol. The number of hydrogen-bond acceptors (Lipinski definition) is 5. The van der Waals surface area contributed by atoms with Crippen molar-refractivity contribution in [1.82, 2.24) is 25.1 Å². The van der Waals surface area contributed by atoms with Crippen molar-refractivity contribution >= 4 is 11.2 Å². The largest absolute Gasteiger partial charge is 0.326 e. The number of rotatable bonds is 4. The van der Waals surface area contributed by atoms with Crippen molar-refractivity contribution in [2.75, 3.05) is 0 Å². The Morgan fingerprint density at radius 2 is 1.48 bits per heavy atom. The van der Waals surface area contributed by atoms with Gasteiger partial charge in [-0.25, -0.2) is 15.0 Å². The van der Waals surface area contributed by atoms with Gasteiger partial charge in [0.25, 0.3) is 0 Å². The van der Waals surface area contributed by atoms with Gasteiger partial charge in [0.2, 0.25) is 0 Å². The minimum absolute atomic E-state index is 0.510. The predicted molar refractivity (Wildman–Crippen MR) is 114 cm³/mol. The zero-order chi connectivity index (χ0) is 19.6. The highest BCUT2D eigenvalue weighted by Gasteiger charge is 2.14. The molecule has 0 saturated heterocycles. The van der Waals surface area contributed by atoms with Crippen LogP contribution in [0.25, 0.3) is 44.9 Å². The number of aromatic nitrogens is 5. The fourth-order valence-electron chi connectivity index (χ4n) is 3.29. The lowest BCUT2D eigenvalue weighted by Crippen LogP contribution is -1.99. The molecule has 5 rings (SSSR count). The van der Waals surface area contributed by atoms with E-state index in [4.69, 9.17) is 20.7 Å². The molecule has 2 aromatic carbocycles. The summed E-state index contributed by atoms with van der Waals surface area (Å²) in [5, 5.41) is 6.82. The SMILES string of the molecule is NCc1ccc(-c2nc3ccc(-c4cn[nH]c4)nc3nc2-c2ccccc2)cc1. The Hall–Kier alpha value is -3.90. The predicted octanol–water partition coefficient (Wildman–Crippen LogP) is 4.21. The topological polar surface area (TPSA) is 93.4 Å². The van der Waals surface area contributed by atoms with E-state index < -0.39 is 0 Å². The van der Waals surface area contributed by atoms with E-state index in [9.17, 15) is 0 Å². The van der Waals surface area contributed by atoms with Crippen molar-refractivity contribution in [3.8, 4) is 33.8 Å². The first-order valence-electron chi connectivity index (χ1n) is 9.34. The van der Waals surface area contributed by atoms with Gasteiger partial charge in [-0.2, -0.15) is 5.10 Å². The van der Waals surface area contributed by atoms with Crippen molar-refractivity contribution in [3.05, 3.63) is 84.7 Å². The number of pyridine rings is 1. The molecule has 3 N–H and O–H groups in total. The van der Waals surface area contributed by atoms with Crippen LogP contribution in [-0.2, 0) is 6.54 Å². The summed E-state index contributed by atoms with van der Waals surface area (Å²) in [6, 6.07) is 22.1. The second kappa shape index (κ2) is 7.26. The third-order valence-corrected chi connectivity index (χ3v) is 4.83. The Balaban J connectivity index is 1.73. The van der Waals surface area contributed by atoms with Crippen LogP contribution in [0.3, 0.4) is 0 Å². The van der Waals surface area contributed by atoms with E-state index in [0.717, 1.165) is 44.9 Å². The molecule has 0 aliphatic carbocycles. The summed E-state index contributed by atoms with van der Waals surface area (Å²) in [6.07, 6.45) is 3.56. The lowest BCUT2D eigenvalue weighted by Gasteiger charge is -2.11. The van der Waals surface area contributed by atoms with Crippen LogP contribution in [0.5, 0.6) is 0 Å². The maximum Gasteiger partial charge on any atom is 0.179 e. The lowest BCUT2D eigenvalue weighted by molar-refractivity contribution is 1.07. The molecule has 29 heavy (non-hydrogen) atoms. The molecule has 0 saturated carbocycles. The van der Waals surface area contributed by atoms with Gasteiger partial charge in [-0.05, 0) is 17.7 Å². The molecule has 0 radical (unpaired) electrons. The molecule has 0 aliphatic rings. The molecule has 3 aromatic heterocycles. The normalized spacial score (nSPS) is 11.1. The first-order valence-corrected chi connectivity index (χ1v) is 9.34. The number of nitrogens with one attached hydrogen (secondary N) is 1. The summed E-state index contributed by atoms with van der Waals surface area (Å²) in [7, 11) is 0.